The molecule has 0 radical (unpaired) electrons. The summed E-state index contributed by atoms with van der Waals surface area (Å²) in [7, 11) is 0. The highest BCUT2D eigenvalue weighted by atomic mass is 79.9. The van der Waals surface area contributed by atoms with Gasteiger partial charge < -0.3 is 10.4 Å². The van der Waals surface area contributed by atoms with Gasteiger partial charge in [0, 0.05) is 16.9 Å². The van der Waals surface area contributed by atoms with Crippen LogP contribution in [0.4, 0.5) is 8.78 Å². The van der Waals surface area contributed by atoms with E-state index in [1.165, 1.54) is 0 Å². The Morgan fingerprint density at radius 2 is 1.90 bits per heavy atom. The van der Waals surface area contributed by atoms with Gasteiger partial charge in [-0.15, -0.1) is 0 Å². The summed E-state index contributed by atoms with van der Waals surface area (Å²) in [6, 6.07) is 2.10. The number of halogens is 3. The highest BCUT2D eigenvalue weighted by molar-refractivity contribution is 9.10. The summed E-state index contributed by atoms with van der Waals surface area (Å²) >= 11 is 2.96. The smallest absolute Gasteiger partial charge is 0.257 e. The van der Waals surface area contributed by atoms with Crippen molar-refractivity contribution in [2.75, 3.05) is 6.54 Å². The zero-order valence-electron chi connectivity index (χ0n) is 10.8. The van der Waals surface area contributed by atoms with Crippen LogP contribution in [0.25, 0.3) is 0 Å². The normalized spacial score (nSPS) is 22.6. The standard InChI is InChI=1S/C14H16BrF2NO2/c15-9-5-10(16)13(11(17)6-9)14(20)18-7-8-3-1-2-4-12(8)19/h5-6,8,12,19H,1-4,7H2,(H,18,20). The van der Waals surface area contributed by atoms with Gasteiger partial charge in [0.1, 0.15) is 17.2 Å². The number of carbonyl (C=O) groups excluding carboxylic acids is 1. The molecule has 1 aromatic carbocycles. The lowest BCUT2D eigenvalue weighted by Gasteiger charge is -2.27. The predicted molar refractivity (Wildman–Crippen MR) is 74.4 cm³/mol. The number of rotatable bonds is 3. The van der Waals surface area contributed by atoms with Crippen molar-refractivity contribution in [3.05, 3.63) is 33.8 Å². The largest absolute Gasteiger partial charge is 0.393 e. The Morgan fingerprint density at radius 3 is 2.50 bits per heavy atom. The molecule has 0 aliphatic heterocycles. The van der Waals surface area contributed by atoms with Crippen molar-refractivity contribution in [2.45, 2.75) is 31.8 Å². The molecule has 0 aromatic heterocycles. The topological polar surface area (TPSA) is 49.3 Å². The van der Waals surface area contributed by atoms with E-state index in [4.69, 9.17) is 0 Å². The maximum absolute atomic E-state index is 13.6. The van der Waals surface area contributed by atoms with Gasteiger partial charge in [-0.2, -0.15) is 0 Å². The number of benzene rings is 1. The van der Waals surface area contributed by atoms with E-state index in [1.807, 2.05) is 0 Å². The molecule has 0 bridgehead atoms. The van der Waals surface area contributed by atoms with Crippen LogP contribution in [0.2, 0.25) is 0 Å². The van der Waals surface area contributed by atoms with Gasteiger partial charge in [-0.1, -0.05) is 28.8 Å². The van der Waals surface area contributed by atoms with Crippen molar-refractivity contribution in [2.24, 2.45) is 5.92 Å². The summed E-state index contributed by atoms with van der Waals surface area (Å²) in [6.45, 7) is 0.231. The Balaban J connectivity index is 2.02. The van der Waals surface area contributed by atoms with Crippen LogP contribution in [-0.4, -0.2) is 23.7 Å². The van der Waals surface area contributed by atoms with Gasteiger partial charge in [0.2, 0.25) is 0 Å². The summed E-state index contributed by atoms with van der Waals surface area (Å²) in [5.74, 6) is -2.64. The van der Waals surface area contributed by atoms with Crippen LogP contribution in [0.1, 0.15) is 36.0 Å². The maximum Gasteiger partial charge on any atom is 0.257 e. The second kappa shape index (κ2) is 6.63. The zero-order chi connectivity index (χ0) is 14.7. The van der Waals surface area contributed by atoms with Crippen molar-refractivity contribution in [1.82, 2.24) is 5.32 Å². The number of aliphatic hydroxyl groups is 1. The minimum absolute atomic E-state index is 0.0470. The molecule has 20 heavy (non-hydrogen) atoms. The van der Waals surface area contributed by atoms with Gasteiger partial charge in [-0.25, -0.2) is 8.78 Å². The van der Waals surface area contributed by atoms with Gasteiger partial charge in [0.15, 0.2) is 0 Å². The van der Waals surface area contributed by atoms with E-state index >= 15 is 0 Å². The number of aliphatic hydroxyl groups excluding tert-OH is 1. The number of nitrogens with one attached hydrogen (secondary N) is 1. The summed E-state index contributed by atoms with van der Waals surface area (Å²) in [5, 5.41) is 12.3. The first-order valence-electron chi connectivity index (χ1n) is 6.60. The Kier molecular flexibility index (Phi) is 5.10. The molecule has 1 aromatic rings. The number of amides is 1. The quantitative estimate of drug-likeness (QED) is 0.882. The number of hydrogen-bond donors (Lipinski definition) is 2. The highest BCUT2D eigenvalue weighted by Crippen LogP contribution is 2.24. The summed E-state index contributed by atoms with van der Waals surface area (Å²) in [5.41, 5.74) is -0.585. The zero-order valence-corrected chi connectivity index (χ0v) is 12.4. The Bertz CT molecular complexity index is 487. The molecule has 1 saturated carbocycles. The Morgan fingerprint density at radius 1 is 1.30 bits per heavy atom. The molecule has 1 amide bonds. The van der Waals surface area contributed by atoms with E-state index in [1.54, 1.807) is 0 Å². The molecule has 110 valence electrons. The van der Waals surface area contributed by atoms with Gasteiger partial charge in [0.25, 0.3) is 5.91 Å². The second-order valence-corrected chi connectivity index (χ2v) is 5.98. The van der Waals surface area contributed by atoms with Gasteiger partial charge in [-0.05, 0) is 25.0 Å². The molecule has 2 N–H and O–H groups in total. The third kappa shape index (κ3) is 3.55. The van der Waals surface area contributed by atoms with Crippen molar-refractivity contribution in [3.63, 3.8) is 0 Å². The molecule has 1 aliphatic rings. The third-order valence-corrected chi connectivity index (χ3v) is 4.09. The fraction of sp³-hybridized carbons (Fsp3) is 0.500. The second-order valence-electron chi connectivity index (χ2n) is 5.07. The molecule has 1 aliphatic carbocycles. The molecule has 2 rings (SSSR count). The molecular formula is C14H16BrF2NO2. The average Bonchev–Trinajstić information content (AvgIpc) is 2.36. The molecule has 6 heteroatoms. The van der Waals surface area contributed by atoms with E-state index in [9.17, 15) is 18.7 Å². The van der Waals surface area contributed by atoms with Gasteiger partial charge in [-0.3, -0.25) is 4.79 Å². The Hall–Kier alpha value is -1.01. The first-order valence-corrected chi connectivity index (χ1v) is 7.39. The van der Waals surface area contributed by atoms with Crippen molar-refractivity contribution >= 4 is 21.8 Å². The minimum Gasteiger partial charge on any atom is -0.393 e. The van der Waals surface area contributed by atoms with E-state index in [2.05, 4.69) is 21.2 Å². The van der Waals surface area contributed by atoms with Crippen LogP contribution in [0.5, 0.6) is 0 Å². The van der Waals surface area contributed by atoms with Crippen LogP contribution in [-0.2, 0) is 0 Å². The Labute approximate surface area is 124 Å². The summed E-state index contributed by atoms with van der Waals surface area (Å²) < 4.78 is 27.5. The molecule has 0 heterocycles. The number of carbonyl (C=O) groups is 1. The highest BCUT2D eigenvalue weighted by Gasteiger charge is 2.25. The van der Waals surface area contributed by atoms with Gasteiger partial charge >= 0.3 is 0 Å². The van der Waals surface area contributed by atoms with Crippen LogP contribution >= 0.6 is 15.9 Å². The lowest BCUT2D eigenvalue weighted by molar-refractivity contribution is 0.0661. The van der Waals surface area contributed by atoms with E-state index in [-0.39, 0.29) is 16.9 Å². The van der Waals surface area contributed by atoms with E-state index < -0.39 is 29.2 Å². The van der Waals surface area contributed by atoms with Crippen molar-refractivity contribution < 1.29 is 18.7 Å². The lowest BCUT2D eigenvalue weighted by atomic mass is 9.86. The summed E-state index contributed by atoms with van der Waals surface area (Å²) in [6.07, 6.45) is 3.04. The molecule has 0 spiro atoms. The summed E-state index contributed by atoms with van der Waals surface area (Å²) in [4.78, 5) is 11.9. The van der Waals surface area contributed by atoms with E-state index in [0.29, 0.717) is 6.42 Å². The molecular weight excluding hydrogens is 332 g/mol. The predicted octanol–water partition coefficient (Wildman–Crippen LogP) is 3.01. The first-order chi connectivity index (χ1) is 9.49. The number of hydrogen-bond acceptors (Lipinski definition) is 2. The molecule has 2 unspecified atom stereocenters. The minimum atomic E-state index is -0.904. The lowest BCUT2D eigenvalue weighted by Crippen LogP contribution is -2.37. The van der Waals surface area contributed by atoms with E-state index in [0.717, 1.165) is 31.4 Å². The van der Waals surface area contributed by atoms with Crippen LogP contribution in [0.3, 0.4) is 0 Å². The van der Waals surface area contributed by atoms with Crippen molar-refractivity contribution in [1.29, 1.82) is 0 Å². The van der Waals surface area contributed by atoms with Gasteiger partial charge in [0.05, 0.1) is 6.10 Å². The maximum atomic E-state index is 13.6. The van der Waals surface area contributed by atoms with Crippen LogP contribution < -0.4 is 5.32 Å². The SMILES string of the molecule is O=C(NCC1CCCCC1O)c1c(F)cc(Br)cc1F. The monoisotopic (exact) mass is 347 g/mol. The molecule has 0 saturated heterocycles. The third-order valence-electron chi connectivity index (χ3n) is 3.63. The van der Waals surface area contributed by atoms with Crippen LogP contribution in [0, 0.1) is 17.6 Å². The molecule has 3 nitrogen and oxygen atoms in total. The molecule has 2 atom stereocenters. The fourth-order valence-corrected chi connectivity index (χ4v) is 2.90. The average molecular weight is 348 g/mol. The van der Waals surface area contributed by atoms with Crippen LogP contribution in [0.15, 0.2) is 16.6 Å². The molecule has 1 fully saturated rings. The fourth-order valence-electron chi connectivity index (χ4n) is 2.50. The first kappa shape index (κ1) is 15.4. The van der Waals surface area contributed by atoms with Crippen molar-refractivity contribution in [3.8, 4) is 0 Å².